The van der Waals surface area contributed by atoms with E-state index in [0.717, 1.165) is 5.69 Å². The van der Waals surface area contributed by atoms with Crippen LogP contribution < -0.4 is 10.1 Å². The maximum Gasteiger partial charge on any atom is 0.410 e. The molecule has 3 aromatic rings. The van der Waals surface area contributed by atoms with Crippen LogP contribution in [0.3, 0.4) is 0 Å². The Balaban J connectivity index is 1.61. The number of nitrogens with zero attached hydrogens (tertiary/aromatic N) is 3. The number of nitrogens with one attached hydrogen (secondary N) is 1. The molecule has 0 spiro atoms. The van der Waals surface area contributed by atoms with Crippen LogP contribution >= 0.6 is 0 Å². The summed E-state index contributed by atoms with van der Waals surface area (Å²) in [5.41, 5.74) is 1.84. The molecule has 0 unspecified atom stereocenters. The number of halogens is 1. The van der Waals surface area contributed by atoms with E-state index in [9.17, 15) is 14.0 Å². The molecule has 0 atom stereocenters. The van der Waals surface area contributed by atoms with Gasteiger partial charge in [0.15, 0.2) is 0 Å². The monoisotopic (exact) mass is 494 g/mol. The molecule has 1 N–H and O–H groups in total. The molecule has 2 aromatic carbocycles. The van der Waals surface area contributed by atoms with Crippen LogP contribution in [0.2, 0.25) is 0 Å². The number of ether oxygens (including phenoxy) is 2. The van der Waals surface area contributed by atoms with Crippen LogP contribution in [0.4, 0.5) is 14.9 Å². The molecule has 0 bridgehead atoms. The lowest BCUT2D eigenvalue weighted by atomic mass is 9.90. The second kappa shape index (κ2) is 10.4. The van der Waals surface area contributed by atoms with E-state index < -0.39 is 5.60 Å². The van der Waals surface area contributed by atoms with E-state index in [4.69, 9.17) is 9.47 Å². The minimum Gasteiger partial charge on any atom is -0.497 e. The number of anilines is 1. The van der Waals surface area contributed by atoms with Gasteiger partial charge in [-0.25, -0.2) is 13.9 Å². The number of amides is 2. The van der Waals surface area contributed by atoms with Crippen molar-refractivity contribution < 1.29 is 23.5 Å². The molecule has 2 amide bonds. The summed E-state index contributed by atoms with van der Waals surface area (Å²) in [6.45, 7) is 6.50. The normalized spacial score (nSPS) is 14.4. The van der Waals surface area contributed by atoms with Gasteiger partial charge in [0.1, 0.15) is 17.2 Å². The molecular weight excluding hydrogens is 463 g/mol. The van der Waals surface area contributed by atoms with Crippen molar-refractivity contribution in [3.05, 3.63) is 71.8 Å². The van der Waals surface area contributed by atoms with Gasteiger partial charge < -0.3 is 19.7 Å². The van der Waals surface area contributed by atoms with Crippen LogP contribution in [0.15, 0.2) is 54.7 Å². The van der Waals surface area contributed by atoms with Crippen LogP contribution in [0.1, 0.15) is 55.6 Å². The Hall–Kier alpha value is -3.88. The number of rotatable bonds is 5. The maximum atomic E-state index is 13.6. The first-order chi connectivity index (χ1) is 17.1. The van der Waals surface area contributed by atoms with Gasteiger partial charge in [-0.2, -0.15) is 5.10 Å². The highest BCUT2D eigenvalue weighted by Gasteiger charge is 2.32. The molecule has 0 radical (unpaired) electrons. The van der Waals surface area contributed by atoms with Gasteiger partial charge in [0.25, 0.3) is 5.91 Å². The largest absolute Gasteiger partial charge is 0.497 e. The summed E-state index contributed by atoms with van der Waals surface area (Å²) in [6.07, 6.45) is 2.45. The highest BCUT2D eigenvalue weighted by molar-refractivity contribution is 6.05. The van der Waals surface area contributed by atoms with Crippen LogP contribution in [0.25, 0.3) is 5.69 Å². The SMILES string of the molecule is COc1cccc(NC(=O)c2cnn(-c3ccc(F)cc3)c2C2CCN(C(=O)OC(C)(C)C)CC2)c1. The van der Waals surface area contributed by atoms with Gasteiger partial charge in [0.2, 0.25) is 0 Å². The number of hydrogen-bond donors (Lipinski definition) is 1. The zero-order valence-corrected chi connectivity index (χ0v) is 21.0. The second-order valence-corrected chi connectivity index (χ2v) is 9.76. The topological polar surface area (TPSA) is 85.7 Å². The highest BCUT2D eigenvalue weighted by atomic mass is 19.1. The first kappa shape index (κ1) is 25.2. The van der Waals surface area contributed by atoms with Crippen molar-refractivity contribution in [3.63, 3.8) is 0 Å². The fraction of sp³-hybridized carbons (Fsp3) is 0.370. The van der Waals surface area contributed by atoms with Gasteiger partial charge in [-0.15, -0.1) is 0 Å². The van der Waals surface area contributed by atoms with Crippen LogP contribution in [-0.2, 0) is 4.74 Å². The number of carbonyl (C=O) groups excluding carboxylic acids is 2. The van der Waals surface area contributed by atoms with Crippen molar-refractivity contribution in [2.24, 2.45) is 0 Å². The lowest BCUT2D eigenvalue weighted by molar-refractivity contribution is 0.0203. The minimum absolute atomic E-state index is 0.0395. The molecule has 36 heavy (non-hydrogen) atoms. The van der Waals surface area contributed by atoms with Crippen molar-refractivity contribution in [1.29, 1.82) is 0 Å². The Morgan fingerprint density at radius 1 is 1.08 bits per heavy atom. The summed E-state index contributed by atoms with van der Waals surface area (Å²) in [7, 11) is 1.56. The standard InChI is InChI=1S/C27H31FN4O4/c1-27(2,3)36-26(34)31-14-12-18(13-15-31)24-23(17-29-32(24)21-10-8-19(28)9-11-21)25(33)30-20-6-5-7-22(16-20)35-4/h5-11,16-18H,12-15H2,1-4H3,(H,30,33). The van der Waals surface area contributed by atoms with Gasteiger partial charge in [0, 0.05) is 30.8 Å². The van der Waals surface area contributed by atoms with Crippen LogP contribution in [0, 0.1) is 5.82 Å². The number of likely N-dealkylation sites (tertiary alicyclic amines) is 1. The molecule has 1 aromatic heterocycles. The molecular formula is C27H31FN4O4. The van der Waals surface area contributed by atoms with E-state index in [-0.39, 0.29) is 23.7 Å². The molecule has 4 rings (SSSR count). The highest BCUT2D eigenvalue weighted by Crippen LogP contribution is 2.33. The van der Waals surface area contributed by atoms with Crippen molar-refractivity contribution >= 4 is 17.7 Å². The first-order valence-electron chi connectivity index (χ1n) is 11.9. The molecule has 0 saturated carbocycles. The summed E-state index contributed by atoms with van der Waals surface area (Å²) in [6, 6.07) is 13.1. The Kier molecular flexibility index (Phi) is 7.28. The molecule has 9 heteroatoms. The zero-order valence-electron chi connectivity index (χ0n) is 21.0. The third kappa shape index (κ3) is 5.84. The molecule has 1 saturated heterocycles. The van der Waals surface area contributed by atoms with E-state index in [2.05, 4.69) is 10.4 Å². The predicted molar refractivity (Wildman–Crippen MR) is 134 cm³/mol. The van der Waals surface area contributed by atoms with E-state index in [1.165, 1.54) is 18.3 Å². The summed E-state index contributed by atoms with van der Waals surface area (Å²) in [4.78, 5) is 27.6. The van der Waals surface area contributed by atoms with Crippen LogP contribution in [-0.4, -0.2) is 52.5 Å². The van der Waals surface area contributed by atoms with Crippen molar-refractivity contribution in [1.82, 2.24) is 14.7 Å². The number of methoxy groups -OCH3 is 1. The lowest BCUT2D eigenvalue weighted by Crippen LogP contribution is -2.41. The Morgan fingerprint density at radius 2 is 1.78 bits per heavy atom. The number of benzene rings is 2. The second-order valence-electron chi connectivity index (χ2n) is 9.76. The fourth-order valence-electron chi connectivity index (χ4n) is 4.27. The molecule has 0 aliphatic carbocycles. The van der Waals surface area contributed by atoms with Gasteiger partial charge in [-0.3, -0.25) is 4.79 Å². The number of aromatic nitrogens is 2. The average Bonchev–Trinajstić information content (AvgIpc) is 3.29. The quantitative estimate of drug-likeness (QED) is 0.514. The molecule has 190 valence electrons. The van der Waals surface area contributed by atoms with Gasteiger partial charge in [-0.1, -0.05) is 6.07 Å². The summed E-state index contributed by atoms with van der Waals surface area (Å²) >= 11 is 0. The first-order valence-corrected chi connectivity index (χ1v) is 11.9. The molecule has 1 aliphatic heterocycles. The smallest absolute Gasteiger partial charge is 0.410 e. The maximum absolute atomic E-state index is 13.6. The molecule has 8 nitrogen and oxygen atoms in total. The van der Waals surface area contributed by atoms with Gasteiger partial charge in [-0.05, 0) is 70.0 Å². The number of hydrogen-bond acceptors (Lipinski definition) is 5. The lowest BCUT2D eigenvalue weighted by Gasteiger charge is -2.34. The van der Waals surface area contributed by atoms with Gasteiger partial charge in [0.05, 0.1) is 30.3 Å². The third-order valence-electron chi connectivity index (χ3n) is 5.98. The summed E-state index contributed by atoms with van der Waals surface area (Å²) in [5, 5.41) is 7.42. The van der Waals surface area contributed by atoms with E-state index in [1.54, 1.807) is 53.1 Å². The number of carbonyl (C=O) groups is 2. The summed E-state index contributed by atoms with van der Waals surface area (Å²) < 4.78 is 26.0. The molecule has 1 fully saturated rings. The van der Waals surface area contributed by atoms with E-state index >= 15 is 0 Å². The van der Waals surface area contributed by atoms with Crippen molar-refractivity contribution in [3.8, 4) is 11.4 Å². The molecule has 1 aliphatic rings. The van der Waals surface area contributed by atoms with E-state index in [1.807, 2.05) is 20.8 Å². The fourth-order valence-corrected chi connectivity index (χ4v) is 4.27. The molecule has 2 heterocycles. The third-order valence-corrected chi connectivity index (χ3v) is 5.98. The summed E-state index contributed by atoms with van der Waals surface area (Å²) in [5.74, 6) is -0.0675. The Morgan fingerprint density at radius 3 is 2.42 bits per heavy atom. The Bertz CT molecular complexity index is 1230. The van der Waals surface area contributed by atoms with Gasteiger partial charge >= 0.3 is 6.09 Å². The van der Waals surface area contributed by atoms with Crippen molar-refractivity contribution in [2.75, 3.05) is 25.5 Å². The number of piperidine rings is 1. The zero-order chi connectivity index (χ0) is 25.9. The van der Waals surface area contributed by atoms with Crippen LogP contribution in [0.5, 0.6) is 5.75 Å². The minimum atomic E-state index is -0.569. The van der Waals surface area contributed by atoms with Crippen molar-refractivity contribution in [2.45, 2.75) is 45.1 Å². The van der Waals surface area contributed by atoms with E-state index in [0.29, 0.717) is 48.6 Å². The average molecular weight is 495 g/mol. The Labute approximate surface area is 210 Å². The predicted octanol–water partition coefficient (Wildman–Crippen LogP) is 5.39.